The van der Waals surface area contributed by atoms with Crippen LogP contribution in [0.1, 0.15) is 36.8 Å². The van der Waals surface area contributed by atoms with Gasteiger partial charge in [0.05, 0.1) is 0 Å². The van der Waals surface area contributed by atoms with Gasteiger partial charge in [-0.2, -0.15) is 0 Å². The van der Waals surface area contributed by atoms with Crippen LogP contribution in [0.2, 0.25) is 0 Å². The average Bonchev–Trinajstić information content (AvgIpc) is 3.02. The fourth-order valence-corrected chi connectivity index (χ4v) is 4.57. The van der Waals surface area contributed by atoms with E-state index in [9.17, 15) is 22.8 Å². The van der Waals surface area contributed by atoms with Gasteiger partial charge in [0, 0.05) is 24.4 Å². The summed E-state index contributed by atoms with van der Waals surface area (Å²) < 4.78 is 45.9. The van der Waals surface area contributed by atoms with Gasteiger partial charge in [-0.15, -0.1) is 0 Å². The largest absolute Gasteiger partial charge is 0.445 e. The molecule has 0 N–H and O–H groups in total. The molecule has 2 atom stereocenters. The van der Waals surface area contributed by atoms with Crippen molar-refractivity contribution in [2.75, 3.05) is 0 Å². The van der Waals surface area contributed by atoms with E-state index in [-0.39, 0.29) is 48.5 Å². The smallest absolute Gasteiger partial charge is 0.410 e. The summed E-state index contributed by atoms with van der Waals surface area (Å²) in [5.74, 6) is -4.70. The van der Waals surface area contributed by atoms with Gasteiger partial charge >= 0.3 is 6.09 Å². The minimum atomic E-state index is -1.56. The molecular formula is C23H22F3NO3. The van der Waals surface area contributed by atoms with E-state index in [1.807, 2.05) is 30.3 Å². The zero-order valence-electron chi connectivity index (χ0n) is 16.3. The van der Waals surface area contributed by atoms with Crippen LogP contribution in [0.25, 0.3) is 0 Å². The zero-order valence-corrected chi connectivity index (χ0v) is 16.3. The summed E-state index contributed by atoms with van der Waals surface area (Å²) in [5.41, 5.74) is 0.757. The molecule has 2 aliphatic rings. The molecule has 0 radical (unpaired) electrons. The van der Waals surface area contributed by atoms with Crippen LogP contribution in [0.4, 0.5) is 18.0 Å². The molecule has 1 amide bonds. The summed E-state index contributed by atoms with van der Waals surface area (Å²) in [6.45, 7) is 0.188. The fourth-order valence-electron chi connectivity index (χ4n) is 4.57. The molecule has 7 heteroatoms. The van der Waals surface area contributed by atoms with E-state index >= 15 is 0 Å². The second kappa shape index (κ2) is 8.50. The number of fused-ring (bicyclic) bond motifs is 2. The van der Waals surface area contributed by atoms with Gasteiger partial charge in [-0.25, -0.2) is 18.0 Å². The highest BCUT2D eigenvalue weighted by Gasteiger charge is 2.45. The van der Waals surface area contributed by atoms with E-state index in [0.717, 1.165) is 30.5 Å². The van der Waals surface area contributed by atoms with Crippen molar-refractivity contribution >= 4 is 11.9 Å². The Balaban J connectivity index is 1.37. The van der Waals surface area contributed by atoms with Crippen LogP contribution in [-0.4, -0.2) is 28.9 Å². The summed E-state index contributed by atoms with van der Waals surface area (Å²) in [7, 11) is 0. The number of rotatable bonds is 5. The topological polar surface area (TPSA) is 46.6 Å². The summed E-state index contributed by atoms with van der Waals surface area (Å²) >= 11 is 0. The van der Waals surface area contributed by atoms with Crippen molar-refractivity contribution < 1.29 is 27.5 Å². The van der Waals surface area contributed by atoms with Crippen molar-refractivity contribution in [1.82, 2.24) is 4.90 Å². The number of ketones is 1. The molecule has 0 spiro atoms. The lowest BCUT2D eigenvalue weighted by Gasteiger charge is -2.37. The molecule has 4 nitrogen and oxygen atoms in total. The summed E-state index contributed by atoms with van der Waals surface area (Å²) in [6, 6.07) is 11.1. The maximum Gasteiger partial charge on any atom is 0.410 e. The van der Waals surface area contributed by atoms with Gasteiger partial charge in [-0.05, 0) is 42.9 Å². The molecule has 0 saturated carbocycles. The van der Waals surface area contributed by atoms with Crippen LogP contribution in [0, 0.1) is 23.4 Å². The standard InChI is InChI=1S/C23H22F3NO3/c24-19-9-6-15(21(25)22(19)26)12-20(28)16-10-17-7-8-18(11-16)27(17)23(29)30-13-14-4-2-1-3-5-14/h1-6,9,16-18H,7-8,10-13H2. The maximum atomic E-state index is 13.9. The lowest BCUT2D eigenvalue weighted by atomic mass is 9.85. The minimum Gasteiger partial charge on any atom is -0.445 e. The van der Waals surface area contributed by atoms with E-state index in [2.05, 4.69) is 0 Å². The van der Waals surface area contributed by atoms with E-state index in [1.165, 1.54) is 0 Å². The summed E-state index contributed by atoms with van der Waals surface area (Å²) in [6.07, 6.45) is 1.85. The first kappa shape index (κ1) is 20.4. The Morgan fingerprint density at radius 2 is 1.60 bits per heavy atom. The van der Waals surface area contributed by atoms with Crippen molar-refractivity contribution in [2.45, 2.75) is 50.8 Å². The predicted molar refractivity (Wildman–Crippen MR) is 103 cm³/mol. The van der Waals surface area contributed by atoms with Gasteiger partial charge in [-0.3, -0.25) is 4.79 Å². The molecule has 2 saturated heterocycles. The number of halogens is 3. The third kappa shape index (κ3) is 4.06. The number of hydrogen-bond acceptors (Lipinski definition) is 3. The number of ether oxygens (including phenoxy) is 1. The monoisotopic (exact) mass is 417 g/mol. The van der Waals surface area contributed by atoms with Gasteiger partial charge < -0.3 is 9.64 Å². The SMILES string of the molecule is O=C(Cc1ccc(F)c(F)c1F)C1CC2CCC(C1)N2C(=O)OCc1ccccc1. The minimum absolute atomic E-state index is 0.101. The molecule has 0 aromatic heterocycles. The van der Waals surface area contributed by atoms with Crippen molar-refractivity contribution in [3.8, 4) is 0 Å². The number of nitrogens with zero attached hydrogens (tertiary/aromatic N) is 1. The van der Waals surface area contributed by atoms with Crippen LogP contribution in [0.15, 0.2) is 42.5 Å². The molecule has 158 valence electrons. The molecule has 0 aliphatic carbocycles. The summed E-state index contributed by atoms with van der Waals surface area (Å²) in [5, 5.41) is 0. The lowest BCUT2D eigenvalue weighted by molar-refractivity contribution is -0.124. The van der Waals surface area contributed by atoms with Crippen LogP contribution in [-0.2, 0) is 22.6 Å². The van der Waals surface area contributed by atoms with Crippen LogP contribution in [0.3, 0.4) is 0 Å². The Morgan fingerprint density at radius 3 is 2.27 bits per heavy atom. The number of carbonyl (C=O) groups excluding carboxylic acids is 2. The number of carbonyl (C=O) groups is 2. The van der Waals surface area contributed by atoms with Crippen LogP contribution >= 0.6 is 0 Å². The second-order valence-corrected chi connectivity index (χ2v) is 7.98. The number of amides is 1. The first-order chi connectivity index (χ1) is 14.4. The molecule has 2 aromatic rings. The molecular weight excluding hydrogens is 395 g/mol. The quantitative estimate of drug-likeness (QED) is 0.657. The highest BCUT2D eigenvalue weighted by molar-refractivity contribution is 5.84. The first-order valence-electron chi connectivity index (χ1n) is 10.1. The second-order valence-electron chi connectivity index (χ2n) is 7.98. The highest BCUT2D eigenvalue weighted by Crippen LogP contribution is 2.40. The normalized spacial score (nSPS) is 22.8. The Kier molecular flexibility index (Phi) is 5.79. The van der Waals surface area contributed by atoms with E-state index in [0.29, 0.717) is 12.8 Å². The third-order valence-corrected chi connectivity index (χ3v) is 6.08. The number of piperidine rings is 1. The number of hydrogen-bond donors (Lipinski definition) is 0. The van der Waals surface area contributed by atoms with E-state index < -0.39 is 17.5 Å². The van der Waals surface area contributed by atoms with Crippen LogP contribution in [0.5, 0.6) is 0 Å². The molecule has 2 aliphatic heterocycles. The van der Waals surface area contributed by atoms with Crippen molar-refractivity contribution in [2.24, 2.45) is 5.92 Å². The fraction of sp³-hybridized carbons (Fsp3) is 0.391. The molecule has 4 rings (SSSR count). The first-order valence-corrected chi connectivity index (χ1v) is 10.1. The van der Waals surface area contributed by atoms with Crippen molar-refractivity contribution in [3.63, 3.8) is 0 Å². The van der Waals surface area contributed by atoms with Crippen LogP contribution < -0.4 is 0 Å². The van der Waals surface area contributed by atoms with Gasteiger partial charge in [-0.1, -0.05) is 36.4 Å². The molecule has 30 heavy (non-hydrogen) atoms. The molecule has 2 bridgehead atoms. The maximum absolute atomic E-state index is 13.9. The Bertz CT molecular complexity index is 936. The van der Waals surface area contributed by atoms with E-state index in [1.54, 1.807) is 4.90 Å². The Hall–Kier alpha value is -2.83. The van der Waals surface area contributed by atoms with Crippen molar-refractivity contribution in [3.05, 3.63) is 71.0 Å². The molecule has 2 aromatic carbocycles. The average molecular weight is 417 g/mol. The number of Topliss-reactive ketones (excluding diaryl/α,β-unsaturated/α-hetero) is 1. The summed E-state index contributed by atoms with van der Waals surface area (Å²) in [4.78, 5) is 27.0. The molecule has 2 unspecified atom stereocenters. The molecule has 2 fully saturated rings. The lowest BCUT2D eigenvalue weighted by Crippen LogP contribution is -2.48. The zero-order chi connectivity index (χ0) is 21.3. The van der Waals surface area contributed by atoms with Gasteiger partial charge in [0.25, 0.3) is 0 Å². The molecule has 2 heterocycles. The van der Waals surface area contributed by atoms with Gasteiger partial charge in [0.1, 0.15) is 12.4 Å². The highest BCUT2D eigenvalue weighted by atomic mass is 19.2. The Labute approximate surface area is 172 Å². The number of benzene rings is 2. The van der Waals surface area contributed by atoms with Gasteiger partial charge in [0.15, 0.2) is 17.5 Å². The van der Waals surface area contributed by atoms with Crippen molar-refractivity contribution in [1.29, 1.82) is 0 Å². The Morgan fingerprint density at radius 1 is 0.933 bits per heavy atom. The van der Waals surface area contributed by atoms with Gasteiger partial charge in [0.2, 0.25) is 0 Å². The van der Waals surface area contributed by atoms with E-state index in [4.69, 9.17) is 4.74 Å². The third-order valence-electron chi connectivity index (χ3n) is 6.08. The predicted octanol–water partition coefficient (Wildman–Crippen LogP) is 4.80.